The lowest BCUT2D eigenvalue weighted by molar-refractivity contribution is -0.0513. The van der Waals surface area contributed by atoms with E-state index in [4.69, 9.17) is 37.5 Å². The van der Waals surface area contributed by atoms with Crippen molar-refractivity contribution in [3.05, 3.63) is 114 Å². The van der Waals surface area contributed by atoms with Crippen LogP contribution in [0, 0.1) is 11.3 Å². The average Bonchev–Trinajstić information content (AvgIpc) is 3.74. The summed E-state index contributed by atoms with van der Waals surface area (Å²) in [6.07, 6.45) is 0.399. The van der Waals surface area contributed by atoms with E-state index in [-0.39, 0.29) is 16.7 Å². The van der Waals surface area contributed by atoms with Gasteiger partial charge in [-0.25, -0.2) is 19.1 Å². The zero-order valence-corrected chi connectivity index (χ0v) is 39.5. The van der Waals surface area contributed by atoms with Gasteiger partial charge in [-0.05, 0) is 65.1 Å². The molecule has 4 atom stereocenters. The Labute approximate surface area is 356 Å². The van der Waals surface area contributed by atoms with Crippen molar-refractivity contribution in [3.63, 3.8) is 0 Å². The Bertz CT molecular complexity index is 2390. The van der Waals surface area contributed by atoms with Crippen LogP contribution in [0.4, 0.5) is 5.82 Å². The number of benzene rings is 3. The minimum atomic E-state index is -4.24. The van der Waals surface area contributed by atoms with E-state index >= 15 is 0 Å². The number of anilines is 1. The summed E-state index contributed by atoms with van der Waals surface area (Å²) in [5.74, 6) is 1.13. The molecule has 60 heavy (non-hydrogen) atoms. The summed E-state index contributed by atoms with van der Waals surface area (Å²) in [5.41, 5.74) is 0.447. The maximum Gasteiger partial charge on any atom is 0.266 e. The first kappa shape index (κ1) is 45.1. The van der Waals surface area contributed by atoms with Crippen molar-refractivity contribution in [3.8, 4) is 11.8 Å². The third kappa shape index (κ3) is 8.54. The Hall–Kier alpha value is -4.48. The van der Waals surface area contributed by atoms with Crippen molar-refractivity contribution in [2.24, 2.45) is 0 Å². The molecule has 0 radical (unpaired) electrons. The van der Waals surface area contributed by atoms with Gasteiger partial charge >= 0.3 is 0 Å². The topological polar surface area (TPSA) is 160 Å². The molecule has 5 aromatic rings. The highest BCUT2D eigenvalue weighted by Gasteiger charge is 2.64. The van der Waals surface area contributed by atoms with Crippen molar-refractivity contribution in [1.82, 2.24) is 19.5 Å². The summed E-state index contributed by atoms with van der Waals surface area (Å²) in [6, 6.07) is 30.3. The molecule has 1 N–H and O–H groups in total. The van der Waals surface area contributed by atoms with Crippen LogP contribution in [-0.4, -0.2) is 82.4 Å². The number of ether oxygens (including phenoxy) is 2. The fourth-order valence-electron chi connectivity index (χ4n) is 7.00. The first-order chi connectivity index (χ1) is 28.0. The predicted molar refractivity (Wildman–Crippen MR) is 238 cm³/mol. The van der Waals surface area contributed by atoms with Gasteiger partial charge in [0.1, 0.15) is 35.9 Å². The lowest BCUT2D eigenvalue weighted by Gasteiger charge is -2.42. The quantitative estimate of drug-likeness (QED) is 0.0643. The molecule has 0 aliphatic carbocycles. The highest BCUT2D eigenvalue weighted by Crippen LogP contribution is 2.49. The first-order valence-electron chi connectivity index (χ1n) is 20.0. The summed E-state index contributed by atoms with van der Waals surface area (Å²) in [6.45, 7) is 20.6. The van der Waals surface area contributed by atoms with Gasteiger partial charge in [-0.2, -0.15) is 13.7 Å². The van der Waals surface area contributed by atoms with E-state index in [9.17, 15) is 13.7 Å². The van der Waals surface area contributed by atoms with E-state index in [0.717, 1.165) is 22.9 Å². The van der Waals surface area contributed by atoms with Crippen LogP contribution in [0.3, 0.4) is 0 Å². The Balaban J connectivity index is 1.55. The largest absolute Gasteiger partial charge is 0.497 e. The number of nitrogens with zero attached hydrogens (tertiary/aromatic N) is 5. The Morgan fingerprint density at radius 3 is 1.88 bits per heavy atom. The molecular formula is C44H58N6O7SSi2. The second-order valence-corrected chi connectivity index (χ2v) is 29.6. The van der Waals surface area contributed by atoms with Crippen LogP contribution in [0.25, 0.3) is 11.2 Å². The van der Waals surface area contributed by atoms with E-state index in [0.29, 0.717) is 22.7 Å². The van der Waals surface area contributed by atoms with Crippen molar-refractivity contribution in [2.45, 2.75) is 107 Å². The van der Waals surface area contributed by atoms with Gasteiger partial charge in [0.05, 0.1) is 26.3 Å². The summed E-state index contributed by atoms with van der Waals surface area (Å²) >= 11 is 0. The molecule has 0 saturated carbocycles. The van der Waals surface area contributed by atoms with Crippen molar-refractivity contribution >= 4 is 43.7 Å². The van der Waals surface area contributed by atoms with Gasteiger partial charge in [0, 0.05) is 0 Å². The normalized spacial score (nSPS) is 20.6. The van der Waals surface area contributed by atoms with Crippen LogP contribution in [0.2, 0.25) is 36.3 Å². The van der Waals surface area contributed by atoms with Gasteiger partial charge in [0.15, 0.2) is 39.8 Å². The molecule has 1 fully saturated rings. The maximum atomic E-state index is 13.2. The van der Waals surface area contributed by atoms with E-state index in [1.807, 2.05) is 73.8 Å². The van der Waals surface area contributed by atoms with E-state index in [2.05, 4.69) is 90.3 Å². The summed E-state index contributed by atoms with van der Waals surface area (Å²) < 4.78 is 60.0. The number of hydrogen-bond acceptors (Lipinski definition) is 12. The van der Waals surface area contributed by atoms with Crippen LogP contribution >= 0.6 is 0 Å². The summed E-state index contributed by atoms with van der Waals surface area (Å²) in [4.78, 5) is 14.4. The Morgan fingerprint density at radius 2 is 1.38 bits per heavy atom. The van der Waals surface area contributed by atoms with E-state index < -0.39 is 56.3 Å². The van der Waals surface area contributed by atoms with Crippen LogP contribution in [0.5, 0.6) is 5.75 Å². The molecule has 3 aromatic carbocycles. The Kier molecular flexibility index (Phi) is 12.3. The minimum absolute atomic E-state index is 0.111. The van der Waals surface area contributed by atoms with Gasteiger partial charge < -0.3 is 23.6 Å². The van der Waals surface area contributed by atoms with Gasteiger partial charge in [-0.15, -0.1) is 0 Å². The molecular weight excluding hydrogens is 813 g/mol. The van der Waals surface area contributed by atoms with Crippen LogP contribution in [0.15, 0.2) is 97.6 Å². The molecule has 2 aromatic heterocycles. The number of aromatic nitrogens is 4. The van der Waals surface area contributed by atoms with Crippen LogP contribution in [-0.2, 0) is 33.4 Å². The van der Waals surface area contributed by atoms with E-state index in [1.54, 1.807) is 18.0 Å². The zero-order valence-electron chi connectivity index (χ0n) is 36.7. The zero-order chi connectivity index (χ0) is 43.9. The predicted octanol–water partition coefficient (Wildman–Crippen LogP) is 8.79. The number of rotatable bonds is 14. The number of imidazole rings is 1. The Morgan fingerprint density at radius 1 is 0.833 bits per heavy atom. The minimum Gasteiger partial charge on any atom is -0.497 e. The molecule has 0 bridgehead atoms. The van der Waals surface area contributed by atoms with E-state index in [1.165, 1.54) is 6.33 Å². The number of methoxy groups -OCH3 is 1. The molecule has 13 nitrogen and oxygen atoms in total. The second-order valence-electron chi connectivity index (χ2n) is 18.5. The molecule has 6 rings (SSSR count). The number of hydrogen-bond donors (Lipinski definition) is 1. The van der Waals surface area contributed by atoms with Crippen LogP contribution in [0.1, 0.15) is 64.5 Å². The molecule has 1 saturated heterocycles. The van der Waals surface area contributed by atoms with Gasteiger partial charge in [-0.1, -0.05) is 114 Å². The monoisotopic (exact) mass is 870 g/mol. The average molecular weight is 871 g/mol. The smallest absolute Gasteiger partial charge is 0.266 e. The van der Waals surface area contributed by atoms with Gasteiger partial charge in [0.25, 0.3) is 10.1 Å². The molecule has 0 unspecified atom stereocenters. The second kappa shape index (κ2) is 16.4. The molecule has 320 valence electrons. The number of fused-ring (bicyclic) bond motifs is 1. The highest BCUT2D eigenvalue weighted by molar-refractivity contribution is 7.86. The van der Waals surface area contributed by atoms with Gasteiger partial charge in [-0.3, -0.25) is 4.57 Å². The molecule has 1 aliphatic rings. The van der Waals surface area contributed by atoms with Crippen molar-refractivity contribution in [2.75, 3.05) is 25.3 Å². The fourth-order valence-corrected chi connectivity index (χ4v) is 10.0. The lowest BCUT2D eigenvalue weighted by Crippen LogP contribution is -2.57. The molecule has 1 aliphatic heterocycles. The van der Waals surface area contributed by atoms with Crippen LogP contribution < -0.4 is 10.1 Å². The highest BCUT2D eigenvalue weighted by atomic mass is 32.2. The summed E-state index contributed by atoms with van der Waals surface area (Å²) in [5, 5.41) is 14.5. The fraction of sp³-hybridized carbons (Fsp3) is 0.455. The standard InChI is InChI=1S/C44H58N6O7SSi2/c1-41(2,3)59(9,10)54-27-35-43(28-45,57-58(8,51)52)37(56-60(11,12)42(4,5)6)40(55-35)50-30-48-36-38(46-29-47-39(36)50)49-44(31-19-15-13-16-20-31,32-21-17-14-18-22-32)33-23-25-34(53-7)26-24-33/h13-26,29-30,35,37,40H,27H2,1-12H3,(H,46,47,49)/t35-,37+,40-,43+/m1/s1. The summed E-state index contributed by atoms with van der Waals surface area (Å²) in [7, 11) is -7.82. The molecule has 0 amide bonds. The third-order valence-electron chi connectivity index (χ3n) is 12.4. The maximum absolute atomic E-state index is 13.2. The SMILES string of the molecule is COc1ccc(C(Nc2ncnc3c2ncn3[C@@H]2O[C@H](CO[Si](C)(C)C(C)(C)C)[C@](C#N)(OS(C)(=O)=O)[C@H]2O[Si](C)(C)C(C)(C)C)(c2ccccc2)c2ccccc2)cc1. The molecule has 0 spiro atoms. The lowest BCUT2D eigenvalue weighted by atomic mass is 9.77. The first-order valence-corrected chi connectivity index (χ1v) is 27.6. The van der Waals surface area contributed by atoms with Crippen molar-refractivity contribution in [1.29, 1.82) is 5.26 Å². The van der Waals surface area contributed by atoms with Gasteiger partial charge in [0.2, 0.25) is 5.60 Å². The number of nitrogens with one attached hydrogen (secondary N) is 1. The van der Waals surface area contributed by atoms with Crippen molar-refractivity contribution < 1.29 is 30.9 Å². The molecule has 16 heteroatoms. The number of nitriles is 1. The third-order valence-corrected chi connectivity index (χ3v) is 22.0. The molecule has 3 heterocycles.